The normalized spacial score (nSPS) is 13.9. The Morgan fingerprint density at radius 1 is 0.600 bits per heavy atom. The Bertz CT molecular complexity index is 299. The summed E-state index contributed by atoms with van der Waals surface area (Å²) >= 11 is 0. The Balaban J connectivity index is 4.95. The lowest BCUT2D eigenvalue weighted by Crippen LogP contribution is -2.51. The highest BCUT2D eigenvalue weighted by atomic mass is 28.4. The molecule has 0 N–H and O–H groups in total. The molecule has 25 heavy (non-hydrogen) atoms. The van der Waals surface area contributed by atoms with E-state index in [1.165, 1.54) is 0 Å². The minimum Gasteiger partial charge on any atom is -0.371 e. The maximum atomic E-state index is 6.24. The van der Waals surface area contributed by atoms with Gasteiger partial charge in [0.15, 0.2) is 0 Å². The number of hydrogen-bond acceptors (Lipinski definition) is 5. The van der Waals surface area contributed by atoms with E-state index < -0.39 is 18.3 Å². The molecular formula is C18H42O5Si2. The van der Waals surface area contributed by atoms with Crippen LogP contribution in [0.4, 0.5) is 0 Å². The monoisotopic (exact) mass is 394 g/mol. The quantitative estimate of drug-likeness (QED) is 0.330. The smallest absolute Gasteiger partial charge is 0.371 e. The Morgan fingerprint density at radius 3 is 1.24 bits per heavy atom. The first-order valence-corrected chi connectivity index (χ1v) is 13.5. The second-order valence-electron chi connectivity index (χ2n) is 7.87. The molecule has 0 amide bonds. The van der Waals surface area contributed by atoms with E-state index in [0.29, 0.717) is 0 Å². The van der Waals surface area contributed by atoms with Gasteiger partial charge in [-0.1, -0.05) is 6.04 Å². The van der Waals surface area contributed by atoms with E-state index in [2.05, 4.69) is 27.7 Å². The largest absolute Gasteiger partial charge is 0.501 e. The van der Waals surface area contributed by atoms with E-state index >= 15 is 0 Å². The zero-order valence-electron chi connectivity index (χ0n) is 18.1. The van der Waals surface area contributed by atoms with Crippen molar-refractivity contribution in [3.63, 3.8) is 0 Å². The average Bonchev–Trinajstić information content (AvgIpc) is 2.33. The molecule has 0 aliphatic carbocycles. The SMILES string of the molecule is CC(C)OC(OC(C)C)[SiH2]CC[Si](OC(C)C)(OC(C)C)OC(C)C. The molecule has 0 fully saturated rings. The zero-order chi connectivity index (χ0) is 19.6. The topological polar surface area (TPSA) is 46.2 Å². The van der Waals surface area contributed by atoms with Crippen LogP contribution in [0.1, 0.15) is 69.2 Å². The summed E-state index contributed by atoms with van der Waals surface area (Å²) in [5.74, 6) is -0.0659. The van der Waals surface area contributed by atoms with Crippen molar-refractivity contribution in [3.8, 4) is 0 Å². The first kappa shape index (κ1) is 25.2. The van der Waals surface area contributed by atoms with Crippen LogP contribution in [-0.2, 0) is 22.8 Å². The molecule has 0 atom stereocenters. The molecular weight excluding hydrogens is 352 g/mol. The van der Waals surface area contributed by atoms with Crippen molar-refractivity contribution in [2.45, 2.75) is 118 Å². The number of ether oxygens (including phenoxy) is 2. The van der Waals surface area contributed by atoms with Gasteiger partial charge < -0.3 is 22.8 Å². The minimum absolute atomic E-state index is 0.0659. The Morgan fingerprint density at radius 2 is 0.960 bits per heavy atom. The zero-order valence-corrected chi connectivity index (χ0v) is 20.5. The molecule has 0 radical (unpaired) electrons. The van der Waals surface area contributed by atoms with E-state index in [1.807, 2.05) is 41.5 Å². The van der Waals surface area contributed by atoms with Gasteiger partial charge in [-0.2, -0.15) is 0 Å². The first-order valence-electron chi connectivity index (χ1n) is 9.80. The van der Waals surface area contributed by atoms with Gasteiger partial charge in [-0.15, -0.1) is 0 Å². The van der Waals surface area contributed by atoms with Gasteiger partial charge in [0.25, 0.3) is 0 Å². The van der Waals surface area contributed by atoms with Crippen molar-refractivity contribution in [3.05, 3.63) is 0 Å². The van der Waals surface area contributed by atoms with Gasteiger partial charge in [0.2, 0.25) is 0 Å². The molecule has 0 aromatic heterocycles. The van der Waals surface area contributed by atoms with Gasteiger partial charge in [-0.05, 0) is 69.2 Å². The summed E-state index contributed by atoms with van der Waals surface area (Å²) < 4.78 is 30.6. The van der Waals surface area contributed by atoms with E-state index in [1.54, 1.807) is 0 Å². The van der Waals surface area contributed by atoms with Crippen molar-refractivity contribution in [2.24, 2.45) is 0 Å². The van der Waals surface area contributed by atoms with Crippen molar-refractivity contribution in [1.82, 2.24) is 0 Å². The van der Waals surface area contributed by atoms with Gasteiger partial charge in [-0.3, -0.25) is 0 Å². The van der Waals surface area contributed by atoms with Crippen LogP contribution in [-0.4, -0.2) is 54.8 Å². The third-order valence-corrected chi connectivity index (χ3v) is 8.80. The Kier molecular flexibility index (Phi) is 12.7. The fourth-order valence-corrected chi connectivity index (χ4v) is 9.20. The molecule has 0 unspecified atom stereocenters. The summed E-state index contributed by atoms with van der Waals surface area (Å²) in [6.07, 6.45) is 0.592. The molecule has 0 aliphatic heterocycles. The van der Waals surface area contributed by atoms with Gasteiger partial charge in [0, 0.05) is 24.4 Å². The maximum Gasteiger partial charge on any atom is 0.501 e. The summed E-state index contributed by atoms with van der Waals surface area (Å²) in [6, 6.07) is 1.84. The highest BCUT2D eigenvalue weighted by Gasteiger charge is 2.43. The molecule has 152 valence electrons. The van der Waals surface area contributed by atoms with Gasteiger partial charge >= 0.3 is 8.80 Å². The number of hydrogen-bond donors (Lipinski definition) is 0. The van der Waals surface area contributed by atoms with Crippen molar-refractivity contribution >= 4 is 18.3 Å². The fraction of sp³-hybridized carbons (Fsp3) is 1.00. The summed E-state index contributed by atoms with van der Waals surface area (Å²) in [7, 11) is -3.30. The molecule has 0 aromatic rings. The van der Waals surface area contributed by atoms with Crippen LogP contribution in [0.5, 0.6) is 0 Å². The first-order chi connectivity index (χ1) is 11.5. The fourth-order valence-electron chi connectivity index (χ4n) is 2.60. The predicted molar refractivity (Wildman–Crippen MR) is 109 cm³/mol. The molecule has 5 nitrogen and oxygen atoms in total. The van der Waals surface area contributed by atoms with E-state index in [0.717, 1.165) is 12.1 Å². The second-order valence-corrected chi connectivity index (χ2v) is 12.4. The standard InChI is InChI=1S/C18H42O5Si2/c1-13(2)19-18(20-14(3)4)24-11-12-25(21-15(5)6,22-16(7)8)23-17(9)10/h13-18H,11-12,24H2,1-10H3. The van der Waals surface area contributed by atoms with Crippen molar-refractivity contribution in [2.75, 3.05) is 0 Å². The van der Waals surface area contributed by atoms with Crippen molar-refractivity contribution in [1.29, 1.82) is 0 Å². The third-order valence-electron chi connectivity index (χ3n) is 3.02. The average molecular weight is 395 g/mol. The van der Waals surface area contributed by atoms with E-state index in [4.69, 9.17) is 22.8 Å². The van der Waals surface area contributed by atoms with Crippen LogP contribution in [0.15, 0.2) is 0 Å². The highest BCUT2D eigenvalue weighted by Crippen LogP contribution is 2.24. The van der Waals surface area contributed by atoms with E-state index in [-0.39, 0.29) is 36.4 Å². The molecule has 0 spiro atoms. The molecule has 0 aromatic carbocycles. The molecule has 7 heteroatoms. The molecule has 0 saturated heterocycles. The molecule has 0 bridgehead atoms. The van der Waals surface area contributed by atoms with Gasteiger partial charge in [-0.25, -0.2) is 0 Å². The van der Waals surface area contributed by atoms with Crippen LogP contribution in [0, 0.1) is 0 Å². The summed E-state index contributed by atoms with van der Waals surface area (Å²) in [5, 5.41) is 0. The molecule has 0 heterocycles. The highest BCUT2D eigenvalue weighted by molar-refractivity contribution is 6.62. The van der Waals surface area contributed by atoms with Crippen LogP contribution in [0.25, 0.3) is 0 Å². The minimum atomic E-state index is -2.71. The van der Waals surface area contributed by atoms with Gasteiger partial charge in [0.1, 0.15) is 5.91 Å². The van der Waals surface area contributed by atoms with Gasteiger partial charge in [0.05, 0.1) is 21.7 Å². The lowest BCUT2D eigenvalue weighted by atomic mass is 10.5. The van der Waals surface area contributed by atoms with Crippen molar-refractivity contribution < 1.29 is 22.8 Å². The third kappa shape index (κ3) is 13.1. The molecule has 0 saturated carbocycles. The lowest BCUT2D eigenvalue weighted by molar-refractivity contribution is -0.134. The second kappa shape index (κ2) is 12.6. The Labute approximate surface area is 159 Å². The summed E-state index contributed by atoms with van der Waals surface area (Å²) in [5.41, 5.74) is 0. The molecule has 0 aliphatic rings. The van der Waals surface area contributed by atoms with Crippen LogP contribution in [0.2, 0.25) is 12.1 Å². The summed E-state index contributed by atoms with van der Waals surface area (Å²) in [4.78, 5) is 0. The Hall–Kier alpha value is 0.234. The summed E-state index contributed by atoms with van der Waals surface area (Å²) in [6.45, 7) is 20.5. The van der Waals surface area contributed by atoms with Crippen LogP contribution >= 0.6 is 0 Å². The number of rotatable bonds is 14. The maximum absolute atomic E-state index is 6.24. The lowest BCUT2D eigenvalue weighted by Gasteiger charge is -2.35. The van der Waals surface area contributed by atoms with Crippen LogP contribution in [0.3, 0.4) is 0 Å². The van der Waals surface area contributed by atoms with E-state index in [9.17, 15) is 0 Å². The van der Waals surface area contributed by atoms with Crippen LogP contribution < -0.4 is 0 Å². The predicted octanol–water partition coefficient (Wildman–Crippen LogP) is 3.92. The molecule has 0 rings (SSSR count).